The lowest BCUT2D eigenvalue weighted by Gasteiger charge is -2.37. The molecule has 27 heavy (non-hydrogen) atoms. The Morgan fingerprint density at radius 2 is 1.30 bits per heavy atom. The van der Waals surface area contributed by atoms with E-state index in [-0.39, 0.29) is 5.82 Å². The molecule has 0 aliphatic carbocycles. The van der Waals surface area contributed by atoms with Crippen molar-refractivity contribution >= 4 is 23.7 Å². The summed E-state index contributed by atoms with van der Waals surface area (Å²) in [6, 6.07) is 8.69. The highest BCUT2D eigenvalue weighted by atomic mass is 19.1. The molecule has 1 aromatic carbocycles. The maximum atomic E-state index is 13.1. The monoisotopic (exact) mass is 370 g/mol. The molecule has 0 spiro atoms. The number of carbonyl (C=O) groups is 1. The highest BCUT2D eigenvalue weighted by Gasteiger charge is 2.21. The Kier molecular flexibility index (Phi) is 5.04. The van der Waals surface area contributed by atoms with E-state index in [4.69, 9.17) is 0 Å². The SMILES string of the molecule is O=CN1CCN(c2cc(N3CCN(c4ccc(F)cc4)CC3)ncn2)CC1. The van der Waals surface area contributed by atoms with Crippen molar-refractivity contribution in [2.75, 3.05) is 67.1 Å². The first-order valence-electron chi connectivity index (χ1n) is 9.25. The zero-order chi connectivity index (χ0) is 18.6. The predicted molar refractivity (Wildman–Crippen MR) is 103 cm³/mol. The summed E-state index contributed by atoms with van der Waals surface area (Å²) >= 11 is 0. The molecule has 8 heteroatoms. The van der Waals surface area contributed by atoms with Crippen molar-refractivity contribution in [3.63, 3.8) is 0 Å². The number of carbonyl (C=O) groups excluding carboxylic acids is 1. The predicted octanol–water partition coefficient (Wildman–Crippen LogP) is 1.22. The van der Waals surface area contributed by atoms with Crippen molar-refractivity contribution in [1.29, 1.82) is 0 Å². The van der Waals surface area contributed by atoms with Crippen LogP contribution in [0.2, 0.25) is 0 Å². The minimum absolute atomic E-state index is 0.208. The zero-order valence-corrected chi connectivity index (χ0v) is 15.2. The number of piperazine rings is 2. The molecule has 2 aliphatic heterocycles. The van der Waals surface area contributed by atoms with Gasteiger partial charge in [-0.1, -0.05) is 0 Å². The second-order valence-electron chi connectivity index (χ2n) is 6.81. The van der Waals surface area contributed by atoms with Crippen LogP contribution in [0.3, 0.4) is 0 Å². The first-order valence-corrected chi connectivity index (χ1v) is 9.25. The Hall–Kier alpha value is -2.90. The van der Waals surface area contributed by atoms with Crippen molar-refractivity contribution in [2.24, 2.45) is 0 Å². The molecule has 0 bridgehead atoms. The summed E-state index contributed by atoms with van der Waals surface area (Å²) in [6.45, 7) is 6.45. The fourth-order valence-corrected chi connectivity index (χ4v) is 3.59. The van der Waals surface area contributed by atoms with Crippen LogP contribution in [-0.2, 0) is 4.79 Å². The Labute approximate surface area is 158 Å². The van der Waals surface area contributed by atoms with Gasteiger partial charge in [-0.05, 0) is 24.3 Å². The van der Waals surface area contributed by atoms with Crippen molar-refractivity contribution < 1.29 is 9.18 Å². The Morgan fingerprint density at radius 3 is 1.85 bits per heavy atom. The normalized spacial score (nSPS) is 18.0. The van der Waals surface area contributed by atoms with Gasteiger partial charge in [-0.25, -0.2) is 14.4 Å². The highest BCUT2D eigenvalue weighted by molar-refractivity contribution is 5.54. The molecule has 4 rings (SSSR count). The molecule has 0 N–H and O–H groups in total. The fourth-order valence-electron chi connectivity index (χ4n) is 3.59. The second kappa shape index (κ2) is 7.77. The summed E-state index contributed by atoms with van der Waals surface area (Å²) in [7, 11) is 0. The lowest BCUT2D eigenvalue weighted by Crippen LogP contribution is -2.47. The molecule has 0 saturated carbocycles. The van der Waals surface area contributed by atoms with Gasteiger partial charge in [-0.15, -0.1) is 0 Å². The lowest BCUT2D eigenvalue weighted by atomic mass is 10.2. The van der Waals surface area contributed by atoms with Gasteiger partial charge in [0.25, 0.3) is 0 Å². The van der Waals surface area contributed by atoms with E-state index in [1.807, 2.05) is 18.2 Å². The number of benzene rings is 1. The number of anilines is 3. The van der Waals surface area contributed by atoms with E-state index in [1.165, 1.54) is 12.1 Å². The number of halogens is 1. The summed E-state index contributed by atoms with van der Waals surface area (Å²) in [5, 5.41) is 0. The molecule has 7 nitrogen and oxygen atoms in total. The molecule has 3 heterocycles. The van der Waals surface area contributed by atoms with Crippen molar-refractivity contribution in [3.05, 3.63) is 42.5 Å². The Balaban J connectivity index is 1.38. The molecule has 142 valence electrons. The zero-order valence-electron chi connectivity index (χ0n) is 15.2. The largest absolute Gasteiger partial charge is 0.368 e. The summed E-state index contributed by atoms with van der Waals surface area (Å²) in [5.41, 5.74) is 1.05. The molecule has 2 aromatic rings. The average molecular weight is 370 g/mol. The molecule has 1 aromatic heterocycles. The molecule has 2 aliphatic rings. The van der Waals surface area contributed by atoms with Gasteiger partial charge in [0.1, 0.15) is 23.8 Å². The fraction of sp³-hybridized carbons (Fsp3) is 0.421. The van der Waals surface area contributed by atoms with Gasteiger partial charge in [-0.2, -0.15) is 0 Å². The van der Waals surface area contributed by atoms with Gasteiger partial charge in [-0.3, -0.25) is 4.79 Å². The third-order valence-electron chi connectivity index (χ3n) is 5.22. The van der Waals surface area contributed by atoms with Gasteiger partial charge in [0.15, 0.2) is 0 Å². The second-order valence-corrected chi connectivity index (χ2v) is 6.81. The number of amides is 1. The van der Waals surface area contributed by atoms with Crippen molar-refractivity contribution in [1.82, 2.24) is 14.9 Å². The summed E-state index contributed by atoms with van der Waals surface area (Å²) in [6.07, 6.45) is 2.52. The molecule has 1 amide bonds. The molecule has 0 radical (unpaired) electrons. The smallest absolute Gasteiger partial charge is 0.209 e. The van der Waals surface area contributed by atoms with Gasteiger partial charge >= 0.3 is 0 Å². The molecule has 0 unspecified atom stereocenters. The number of rotatable bonds is 4. The van der Waals surface area contributed by atoms with E-state index < -0.39 is 0 Å². The van der Waals surface area contributed by atoms with Crippen LogP contribution in [0.1, 0.15) is 0 Å². The number of aromatic nitrogens is 2. The standard InChI is InChI=1S/C19H23FN6O/c20-16-1-3-17(4-2-16)24-9-11-26(12-10-24)19-13-18(21-14-22-19)25-7-5-23(15-27)6-8-25/h1-4,13-15H,5-12H2. The summed E-state index contributed by atoms with van der Waals surface area (Å²) < 4.78 is 13.1. The number of nitrogens with zero attached hydrogens (tertiary/aromatic N) is 6. The first kappa shape index (κ1) is 17.5. The van der Waals surface area contributed by atoms with Crippen molar-refractivity contribution in [2.45, 2.75) is 0 Å². The van der Waals surface area contributed by atoms with Gasteiger partial charge < -0.3 is 19.6 Å². The van der Waals surface area contributed by atoms with Crippen LogP contribution in [0.5, 0.6) is 0 Å². The maximum absolute atomic E-state index is 13.1. The molecular formula is C19H23FN6O. The van der Waals surface area contributed by atoms with Crippen LogP contribution in [0.25, 0.3) is 0 Å². The topological polar surface area (TPSA) is 55.8 Å². The van der Waals surface area contributed by atoms with Gasteiger partial charge in [0, 0.05) is 64.1 Å². The average Bonchev–Trinajstić information content (AvgIpc) is 2.75. The summed E-state index contributed by atoms with van der Waals surface area (Å²) in [5.74, 6) is 1.63. The Bertz CT molecular complexity index is 770. The first-order chi connectivity index (χ1) is 13.2. The number of hydrogen-bond donors (Lipinski definition) is 0. The van der Waals surface area contributed by atoms with Crippen LogP contribution in [-0.4, -0.2) is 73.6 Å². The molecule has 0 atom stereocenters. The van der Waals surface area contributed by atoms with E-state index >= 15 is 0 Å². The van der Waals surface area contributed by atoms with E-state index in [9.17, 15) is 9.18 Å². The van der Waals surface area contributed by atoms with E-state index in [1.54, 1.807) is 11.2 Å². The van der Waals surface area contributed by atoms with Gasteiger partial charge in [0.05, 0.1) is 0 Å². The molecule has 2 saturated heterocycles. The highest BCUT2D eigenvalue weighted by Crippen LogP contribution is 2.22. The van der Waals surface area contributed by atoms with E-state index in [2.05, 4.69) is 24.7 Å². The van der Waals surface area contributed by atoms with Crippen LogP contribution in [0.4, 0.5) is 21.7 Å². The Morgan fingerprint density at radius 1 is 0.778 bits per heavy atom. The number of hydrogen-bond acceptors (Lipinski definition) is 6. The minimum Gasteiger partial charge on any atom is -0.368 e. The molecule has 2 fully saturated rings. The lowest BCUT2D eigenvalue weighted by molar-refractivity contribution is -0.118. The minimum atomic E-state index is -0.208. The van der Waals surface area contributed by atoms with Gasteiger partial charge in [0.2, 0.25) is 6.41 Å². The van der Waals surface area contributed by atoms with Crippen LogP contribution in [0, 0.1) is 5.82 Å². The quantitative estimate of drug-likeness (QED) is 0.755. The summed E-state index contributed by atoms with van der Waals surface area (Å²) in [4.78, 5) is 28.2. The van der Waals surface area contributed by atoms with Crippen LogP contribution >= 0.6 is 0 Å². The maximum Gasteiger partial charge on any atom is 0.209 e. The van der Waals surface area contributed by atoms with Crippen LogP contribution in [0.15, 0.2) is 36.7 Å². The van der Waals surface area contributed by atoms with Crippen molar-refractivity contribution in [3.8, 4) is 0 Å². The third-order valence-corrected chi connectivity index (χ3v) is 5.22. The van der Waals surface area contributed by atoms with E-state index in [0.717, 1.165) is 76.1 Å². The molecular weight excluding hydrogens is 347 g/mol. The third kappa shape index (κ3) is 3.94. The van der Waals surface area contributed by atoms with E-state index in [0.29, 0.717) is 0 Å². The van der Waals surface area contributed by atoms with Crippen LogP contribution < -0.4 is 14.7 Å².